The maximum atomic E-state index is 5.64. The third kappa shape index (κ3) is 2.39. The molecule has 2 aromatic carbocycles. The molecule has 0 saturated heterocycles. The molecule has 2 aliphatic rings. The maximum absolute atomic E-state index is 5.64. The number of benzene rings is 2. The van der Waals surface area contributed by atoms with Crippen LogP contribution in [0.15, 0.2) is 54.6 Å². The van der Waals surface area contributed by atoms with E-state index < -0.39 is 0 Å². The number of ether oxygens (including phenoxy) is 2. The fourth-order valence-corrected chi connectivity index (χ4v) is 4.17. The molecule has 1 aliphatic carbocycles. The Labute approximate surface area is 165 Å². The first-order chi connectivity index (χ1) is 14.3. The quantitative estimate of drug-likeness (QED) is 0.563. The summed E-state index contributed by atoms with van der Waals surface area (Å²) in [6, 6.07) is 16.6. The molecule has 4 aromatic rings. The van der Waals surface area contributed by atoms with Crippen molar-refractivity contribution >= 4 is 6.08 Å². The predicted octanol–water partition coefficient (Wildman–Crippen LogP) is 2.87. The van der Waals surface area contributed by atoms with Gasteiger partial charge in [-0.3, -0.25) is 5.10 Å². The molecule has 0 radical (unpaired) electrons. The van der Waals surface area contributed by atoms with E-state index in [-0.39, 0.29) is 12.2 Å². The maximum Gasteiger partial charge on any atom is 0.231 e. The van der Waals surface area contributed by atoms with Gasteiger partial charge >= 0.3 is 0 Å². The Morgan fingerprint density at radius 3 is 2.69 bits per heavy atom. The number of allylic oxidation sites excluding steroid dienone is 1. The van der Waals surface area contributed by atoms with Gasteiger partial charge < -0.3 is 9.47 Å². The highest BCUT2D eigenvalue weighted by atomic mass is 16.7. The van der Waals surface area contributed by atoms with Gasteiger partial charge in [-0.1, -0.05) is 48.6 Å². The fraction of sp³-hybridized carbons (Fsp3) is 0.143. The number of hydrogen-bond donors (Lipinski definition) is 2. The molecule has 8 heteroatoms. The van der Waals surface area contributed by atoms with Crippen molar-refractivity contribution in [1.29, 1.82) is 0 Å². The van der Waals surface area contributed by atoms with Gasteiger partial charge in [0, 0.05) is 23.1 Å². The van der Waals surface area contributed by atoms with Crippen molar-refractivity contribution in [2.24, 2.45) is 0 Å². The molecule has 2 N–H and O–H groups in total. The van der Waals surface area contributed by atoms with Crippen molar-refractivity contribution in [3.05, 3.63) is 77.0 Å². The van der Waals surface area contributed by atoms with E-state index in [1.807, 2.05) is 12.1 Å². The average Bonchev–Trinajstić information content (AvgIpc) is 3.53. The number of nitrogens with one attached hydrogen (secondary N) is 2. The van der Waals surface area contributed by atoms with Crippen LogP contribution >= 0.6 is 0 Å². The van der Waals surface area contributed by atoms with Gasteiger partial charge in [0.1, 0.15) is 5.69 Å². The summed E-state index contributed by atoms with van der Waals surface area (Å²) in [5, 5.41) is 21.9. The van der Waals surface area contributed by atoms with Crippen LogP contribution in [0.4, 0.5) is 0 Å². The summed E-state index contributed by atoms with van der Waals surface area (Å²) in [6.07, 6.45) is 5.03. The lowest BCUT2D eigenvalue weighted by molar-refractivity contribution is 0.174. The van der Waals surface area contributed by atoms with Crippen LogP contribution in [0.25, 0.3) is 17.6 Å². The second kappa shape index (κ2) is 6.03. The van der Waals surface area contributed by atoms with Gasteiger partial charge in [0.05, 0.1) is 0 Å². The highest BCUT2D eigenvalue weighted by molar-refractivity contribution is 5.73. The number of nitrogens with zero attached hydrogens (tertiary/aromatic N) is 4. The van der Waals surface area contributed by atoms with E-state index in [9.17, 15) is 0 Å². The average molecular weight is 384 g/mol. The molecule has 0 saturated carbocycles. The normalized spacial score (nSPS) is 19.3. The van der Waals surface area contributed by atoms with E-state index in [2.05, 4.69) is 79.4 Å². The number of H-pyrrole nitrogens is 2. The van der Waals surface area contributed by atoms with E-state index in [1.54, 1.807) is 0 Å². The van der Waals surface area contributed by atoms with Crippen LogP contribution in [0, 0.1) is 0 Å². The van der Waals surface area contributed by atoms with E-state index in [0.717, 1.165) is 28.3 Å². The molecule has 6 rings (SSSR count). The summed E-state index contributed by atoms with van der Waals surface area (Å²) in [6.45, 7) is 0.256. The van der Waals surface area contributed by atoms with Crippen LogP contribution in [0.2, 0.25) is 0 Å². The summed E-state index contributed by atoms with van der Waals surface area (Å²) in [5.41, 5.74) is 4.66. The zero-order valence-corrected chi connectivity index (χ0v) is 15.3. The summed E-state index contributed by atoms with van der Waals surface area (Å²) in [4.78, 5) is 0. The van der Waals surface area contributed by atoms with Gasteiger partial charge in [-0.2, -0.15) is 10.3 Å². The van der Waals surface area contributed by atoms with E-state index in [4.69, 9.17) is 9.47 Å². The molecule has 8 nitrogen and oxygen atoms in total. The fourth-order valence-electron chi connectivity index (χ4n) is 4.17. The molecule has 3 heterocycles. The third-order valence-corrected chi connectivity index (χ3v) is 5.61. The Balaban J connectivity index is 1.51. The Bertz CT molecular complexity index is 1220. The second-order valence-corrected chi connectivity index (χ2v) is 7.12. The smallest absolute Gasteiger partial charge is 0.231 e. The highest BCUT2D eigenvalue weighted by Crippen LogP contribution is 2.45. The minimum absolute atomic E-state index is 0.256. The second-order valence-electron chi connectivity index (χ2n) is 7.12. The zero-order valence-electron chi connectivity index (χ0n) is 15.3. The van der Waals surface area contributed by atoms with Crippen LogP contribution in [0.1, 0.15) is 22.4 Å². The van der Waals surface area contributed by atoms with Crippen LogP contribution in [0.3, 0.4) is 0 Å². The molecule has 1 atom stereocenters. The lowest BCUT2D eigenvalue weighted by atomic mass is 9.68. The molecule has 1 unspecified atom stereocenters. The number of fused-ring (bicyclic) bond motifs is 2. The third-order valence-electron chi connectivity index (χ3n) is 5.61. The van der Waals surface area contributed by atoms with Gasteiger partial charge in [-0.25, -0.2) is 0 Å². The Morgan fingerprint density at radius 1 is 0.931 bits per heavy atom. The topological polar surface area (TPSA) is 102 Å². The molecule has 142 valence electrons. The molecule has 29 heavy (non-hydrogen) atoms. The lowest BCUT2D eigenvalue weighted by Gasteiger charge is -2.34. The van der Waals surface area contributed by atoms with Gasteiger partial charge in [-0.05, 0) is 28.5 Å². The first-order valence-electron chi connectivity index (χ1n) is 9.29. The van der Waals surface area contributed by atoms with E-state index in [1.165, 1.54) is 5.56 Å². The SMILES string of the molecule is C1=CC(c2ccccc2)(c2ccc3c(c2)OCO3)Cc2[nH]nc(-c3nn[nH]n3)c21. The van der Waals surface area contributed by atoms with Crippen LogP contribution < -0.4 is 9.47 Å². The molecule has 0 spiro atoms. The van der Waals surface area contributed by atoms with E-state index in [0.29, 0.717) is 17.9 Å². The van der Waals surface area contributed by atoms with Crippen molar-refractivity contribution in [3.8, 4) is 23.0 Å². The number of aromatic amines is 2. The number of aromatic nitrogens is 6. The van der Waals surface area contributed by atoms with Crippen molar-refractivity contribution in [2.75, 3.05) is 6.79 Å². The van der Waals surface area contributed by atoms with Gasteiger partial charge in [0.15, 0.2) is 11.5 Å². The molecule has 2 aromatic heterocycles. The van der Waals surface area contributed by atoms with Crippen molar-refractivity contribution in [3.63, 3.8) is 0 Å². The molecular formula is C21H16N6O2. The monoisotopic (exact) mass is 384 g/mol. The van der Waals surface area contributed by atoms with Crippen molar-refractivity contribution in [2.45, 2.75) is 11.8 Å². The molecule has 0 amide bonds. The molecule has 0 fully saturated rings. The van der Waals surface area contributed by atoms with Crippen LogP contribution in [-0.4, -0.2) is 37.6 Å². The van der Waals surface area contributed by atoms with Crippen LogP contribution in [-0.2, 0) is 11.8 Å². The first-order valence-corrected chi connectivity index (χ1v) is 9.29. The minimum atomic E-state index is -0.365. The lowest BCUT2D eigenvalue weighted by Crippen LogP contribution is -2.30. The largest absolute Gasteiger partial charge is 0.454 e. The number of rotatable bonds is 3. The molecule has 0 bridgehead atoms. The van der Waals surface area contributed by atoms with Crippen molar-refractivity contribution in [1.82, 2.24) is 30.8 Å². The summed E-state index contributed by atoms with van der Waals surface area (Å²) in [5.74, 6) is 2.02. The number of tetrazole rings is 1. The van der Waals surface area contributed by atoms with Gasteiger partial charge in [0.2, 0.25) is 12.6 Å². The van der Waals surface area contributed by atoms with Crippen molar-refractivity contribution < 1.29 is 9.47 Å². The minimum Gasteiger partial charge on any atom is -0.454 e. The van der Waals surface area contributed by atoms with Crippen LogP contribution in [0.5, 0.6) is 11.5 Å². The van der Waals surface area contributed by atoms with Gasteiger partial charge in [0.25, 0.3) is 0 Å². The highest BCUT2D eigenvalue weighted by Gasteiger charge is 2.37. The number of hydrogen-bond acceptors (Lipinski definition) is 6. The Hall–Kier alpha value is -3.94. The van der Waals surface area contributed by atoms with Gasteiger partial charge in [-0.15, -0.1) is 10.2 Å². The Kier molecular flexibility index (Phi) is 3.34. The first kappa shape index (κ1) is 16.1. The zero-order chi connectivity index (χ0) is 19.3. The molecular weight excluding hydrogens is 368 g/mol. The Morgan fingerprint density at radius 2 is 1.83 bits per heavy atom. The van der Waals surface area contributed by atoms with E-state index >= 15 is 0 Å². The predicted molar refractivity (Wildman–Crippen MR) is 104 cm³/mol. The standard InChI is InChI=1S/C21H16N6O2/c1-2-4-13(5-3-1)21(14-6-7-17-18(10-14)29-12-28-17)9-8-15-16(11-21)22-23-19(15)20-24-26-27-25-20/h1-10H,11-12H2,(H,22,23)(H,24,25,26,27). The summed E-state index contributed by atoms with van der Waals surface area (Å²) >= 11 is 0. The summed E-state index contributed by atoms with van der Waals surface area (Å²) in [7, 11) is 0. The summed E-state index contributed by atoms with van der Waals surface area (Å²) < 4.78 is 11.1. The molecule has 1 aliphatic heterocycles.